The summed E-state index contributed by atoms with van der Waals surface area (Å²) in [4.78, 5) is 12.3. The van der Waals surface area contributed by atoms with Gasteiger partial charge >= 0.3 is 6.01 Å². The topological polar surface area (TPSA) is 77.2 Å². The quantitative estimate of drug-likeness (QED) is 0.595. The van der Waals surface area contributed by atoms with Crippen LogP contribution in [0.3, 0.4) is 0 Å². The highest BCUT2D eigenvalue weighted by Crippen LogP contribution is 2.22. The molecule has 0 saturated heterocycles. The normalized spacial score (nSPS) is 10.6. The minimum absolute atomic E-state index is 0.0699. The standard InChI is InChI=1S/C18H19N3O3S/c1-2-3-4-9-23-15-7-5-6-13(11-15)16(22)19-18-21-20-17(24-18)14-8-10-25-12-14/h5-8,10-12H,2-4,9H2,1H3,(H,19,21,22). The van der Waals surface area contributed by atoms with Gasteiger partial charge in [-0.25, -0.2) is 0 Å². The number of hydrogen-bond donors (Lipinski definition) is 1. The van der Waals surface area contributed by atoms with Gasteiger partial charge in [-0.1, -0.05) is 30.9 Å². The Balaban J connectivity index is 1.61. The van der Waals surface area contributed by atoms with E-state index in [-0.39, 0.29) is 11.9 Å². The van der Waals surface area contributed by atoms with E-state index in [0.29, 0.717) is 23.8 Å². The number of hydrogen-bond acceptors (Lipinski definition) is 6. The van der Waals surface area contributed by atoms with Gasteiger partial charge in [-0.15, -0.1) is 5.10 Å². The third-order valence-corrected chi connectivity index (χ3v) is 4.21. The van der Waals surface area contributed by atoms with Gasteiger partial charge in [0.15, 0.2) is 0 Å². The number of ether oxygens (including phenoxy) is 1. The molecule has 3 rings (SSSR count). The predicted octanol–water partition coefficient (Wildman–Crippen LogP) is 4.62. The first-order chi connectivity index (χ1) is 12.3. The maximum absolute atomic E-state index is 12.3. The van der Waals surface area contributed by atoms with Gasteiger partial charge in [0.1, 0.15) is 5.75 Å². The van der Waals surface area contributed by atoms with E-state index in [1.54, 1.807) is 18.2 Å². The van der Waals surface area contributed by atoms with Crippen LogP contribution in [-0.4, -0.2) is 22.7 Å². The molecule has 7 heteroatoms. The summed E-state index contributed by atoms with van der Waals surface area (Å²) in [5, 5.41) is 14.2. The van der Waals surface area contributed by atoms with Crippen LogP contribution in [0.4, 0.5) is 6.01 Å². The molecule has 0 aliphatic rings. The molecule has 0 saturated carbocycles. The van der Waals surface area contributed by atoms with Crippen molar-refractivity contribution in [1.82, 2.24) is 10.2 Å². The van der Waals surface area contributed by atoms with Crippen LogP contribution in [0.2, 0.25) is 0 Å². The number of unbranched alkanes of at least 4 members (excludes halogenated alkanes) is 2. The Morgan fingerprint density at radius 2 is 2.20 bits per heavy atom. The van der Waals surface area contributed by atoms with Gasteiger partial charge in [-0.3, -0.25) is 10.1 Å². The van der Waals surface area contributed by atoms with Crippen molar-refractivity contribution in [1.29, 1.82) is 0 Å². The second-order valence-corrected chi connectivity index (χ2v) is 6.24. The maximum Gasteiger partial charge on any atom is 0.322 e. The van der Waals surface area contributed by atoms with Gasteiger partial charge in [0, 0.05) is 16.5 Å². The highest BCUT2D eigenvalue weighted by atomic mass is 32.1. The number of nitrogens with one attached hydrogen (secondary N) is 1. The molecule has 0 bridgehead atoms. The number of carbonyl (C=O) groups excluding carboxylic acids is 1. The lowest BCUT2D eigenvalue weighted by Crippen LogP contribution is -2.12. The molecule has 0 radical (unpaired) electrons. The number of aromatic nitrogens is 2. The fourth-order valence-corrected chi connectivity index (χ4v) is 2.84. The summed E-state index contributed by atoms with van der Waals surface area (Å²) in [5.74, 6) is 0.734. The number of nitrogens with zero attached hydrogens (tertiary/aromatic N) is 2. The maximum atomic E-state index is 12.3. The van der Waals surface area contributed by atoms with Crippen molar-refractivity contribution in [3.8, 4) is 17.2 Å². The van der Waals surface area contributed by atoms with Crippen LogP contribution in [-0.2, 0) is 0 Å². The second-order valence-electron chi connectivity index (χ2n) is 5.46. The first-order valence-electron chi connectivity index (χ1n) is 8.16. The van der Waals surface area contributed by atoms with Crippen molar-refractivity contribution in [2.24, 2.45) is 0 Å². The highest BCUT2D eigenvalue weighted by molar-refractivity contribution is 7.08. The number of carbonyl (C=O) groups is 1. The smallest absolute Gasteiger partial charge is 0.322 e. The van der Waals surface area contributed by atoms with Crippen molar-refractivity contribution >= 4 is 23.3 Å². The fourth-order valence-electron chi connectivity index (χ4n) is 2.22. The summed E-state index contributed by atoms with van der Waals surface area (Å²) in [7, 11) is 0. The van der Waals surface area contributed by atoms with Crippen molar-refractivity contribution in [2.45, 2.75) is 26.2 Å². The van der Waals surface area contributed by atoms with Crippen LogP contribution in [0.15, 0.2) is 45.5 Å². The first-order valence-corrected chi connectivity index (χ1v) is 9.11. The summed E-state index contributed by atoms with van der Waals surface area (Å²) in [5.41, 5.74) is 1.31. The van der Waals surface area contributed by atoms with Crippen LogP contribution in [0.1, 0.15) is 36.5 Å². The molecule has 1 aromatic carbocycles. The van der Waals surface area contributed by atoms with Crippen molar-refractivity contribution in [3.63, 3.8) is 0 Å². The number of thiophene rings is 1. The lowest BCUT2D eigenvalue weighted by molar-refractivity contribution is 0.102. The monoisotopic (exact) mass is 357 g/mol. The summed E-state index contributed by atoms with van der Waals surface area (Å²) >= 11 is 1.54. The van der Waals surface area contributed by atoms with Gasteiger partial charge in [-0.2, -0.15) is 11.3 Å². The van der Waals surface area contributed by atoms with Gasteiger partial charge in [0.25, 0.3) is 11.8 Å². The molecule has 0 spiro atoms. The van der Waals surface area contributed by atoms with E-state index in [1.807, 2.05) is 22.9 Å². The van der Waals surface area contributed by atoms with Crippen LogP contribution in [0.25, 0.3) is 11.5 Å². The largest absolute Gasteiger partial charge is 0.494 e. The van der Waals surface area contributed by atoms with Gasteiger partial charge in [0.05, 0.1) is 6.61 Å². The molecule has 6 nitrogen and oxygen atoms in total. The van der Waals surface area contributed by atoms with E-state index >= 15 is 0 Å². The zero-order valence-corrected chi connectivity index (χ0v) is 14.7. The highest BCUT2D eigenvalue weighted by Gasteiger charge is 2.13. The second kappa shape index (κ2) is 8.43. The van der Waals surface area contributed by atoms with E-state index in [1.165, 1.54) is 11.3 Å². The SMILES string of the molecule is CCCCCOc1cccc(C(=O)Nc2nnc(-c3ccsc3)o2)c1. The Kier molecular flexibility index (Phi) is 5.79. The Hall–Kier alpha value is -2.67. The molecule has 0 unspecified atom stereocenters. The molecule has 130 valence electrons. The average molecular weight is 357 g/mol. The van der Waals surface area contributed by atoms with Crippen LogP contribution in [0.5, 0.6) is 5.75 Å². The molecule has 1 N–H and O–H groups in total. The fraction of sp³-hybridized carbons (Fsp3) is 0.278. The summed E-state index contributed by atoms with van der Waals surface area (Å²) in [6, 6.07) is 8.99. The van der Waals surface area contributed by atoms with Crippen LogP contribution in [0, 0.1) is 0 Å². The minimum Gasteiger partial charge on any atom is -0.494 e. The predicted molar refractivity (Wildman–Crippen MR) is 97.0 cm³/mol. The molecule has 3 aromatic rings. The third kappa shape index (κ3) is 4.67. The zero-order valence-electron chi connectivity index (χ0n) is 13.9. The Morgan fingerprint density at radius 1 is 1.28 bits per heavy atom. The summed E-state index contributed by atoms with van der Waals surface area (Å²) < 4.78 is 11.1. The Labute approximate surface area is 149 Å². The molecular weight excluding hydrogens is 338 g/mol. The number of rotatable bonds is 8. The molecule has 25 heavy (non-hydrogen) atoms. The molecule has 0 fully saturated rings. The average Bonchev–Trinajstić information content (AvgIpc) is 3.30. The van der Waals surface area contributed by atoms with Gasteiger partial charge < -0.3 is 9.15 Å². The molecule has 0 atom stereocenters. The van der Waals surface area contributed by atoms with Crippen molar-refractivity contribution in [2.75, 3.05) is 11.9 Å². The lowest BCUT2D eigenvalue weighted by atomic mass is 10.2. The number of amides is 1. The Morgan fingerprint density at radius 3 is 3.00 bits per heavy atom. The van der Waals surface area contributed by atoms with E-state index in [0.717, 1.165) is 24.8 Å². The molecule has 1 amide bonds. The molecule has 2 heterocycles. The van der Waals surface area contributed by atoms with Crippen molar-refractivity contribution < 1.29 is 13.9 Å². The van der Waals surface area contributed by atoms with Crippen LogP contribution < -0.4 is 10.1 Å². The van der Waals surface area contributed by atoms with Crippen LogP contribution >= 0.6 is 11.3 Å². The molecule has 0 aliphatic carbocycles. The Bertz CT molecular complexity index is 815. The first kappa shape index (κ1) is 17.2. The van der Waals surface area contributed by atoms with Crippen molar-refractivity contribution in [3.05, 3.63) is 46.7 Å². The van der Waals surface area contributed by atoms with E-state index in [2.05, 4.69) is 22.4 Å². The van der Waals surface area contributed by atoms with Gasteiger partial charge in [0.2, 0.25) is 0 Å². The minimum atomic E-state index is -0.320. The lowest BCUT2D eigenvalue weighted by Gasteiger charge is -2.07. The summed E-state index contributed by atoms with van der Waals surface area (Å²) in [6.07, 6.45) is 3.27. The number of anilines is 1. The number of benzene rings is 1. The van der Waals surface area contributed by atoms with E-state index in [4.69, 9.17) is 9.15 Å². The summed E-state index contributed by atoms with van der Waals surface area (Å²) in [6.45, 7) is 2.79. The molecule has 0 aliphatic heterocycles. The molecular formula is C18H19N3O3S. The van der Waals surface area contributed by atoms with Gasteiger partial charge in [-0.05, 0) is 36.1 Å². The third-order valence-electron chi connectivity index (χ3n) is 3.53. The zero-order chi connectivity index (χ0) is 17.5. The van der Waals surface area contributed by atoms with E-state index in [9.17, 15) is 4.79 Å². The molecule has 2 aromatic heterocycles. The van der Waals surface area contributed by atoms with E-state index < -0.39 is 0 Å².